The monoisotopic (exact) mass is 332 g/mol. The Balaban J connectivity index is 2.22. The zero-order valence-corrected chi connectivity index (χ0v) is 14.5. The Labute approximate surface area is 141 Å². The molecule has 1 aromatic heterocycles. The van der Waals surface area contributed by atoms with Crippen LogP contribution in [0.2, 0.25) is 5.02 Å². The van der Waals surface area contributed by atoms with Crippen LogP contribution in [0.25, 0.3) is 0 Å². The molecule has 1 atom stereocenters. The molecule has 2 rings (SSSR count). The molecule has 23 heavy (non-hydrogen) atoms. The average Bonchev–Trinajstić information content (AvgIpc) is 2.50. The molecule has 0 radical (unpaired) electrons. The van der Waals surface area contributed by atoms with Crippen LogP contribution in [0.15, 0.2) is 24.3 Å². The Kier molecular flexibility index (Phi) is 5.55. The van der Waals surface area contributed by atoms with E-state index in [1.807, 2.05) is 39.0 Å². The zero-order valence-electron chi connectivity index (χ0n) is 13.8. The van der Waals surface area contributed by atoms with E-state index in [1.165, 1.54) is 0 Å². The molecule has 0 saturated heterocycles. The summed E-state index contributed by atoms with van der Waals surface area (Å²) in [6.07, 6.45) is 0.864. The van der Waals surface area contributed by atoms with Gasteiger partial charge in [-0.15, -0.1) is 0 Å². The van der Waals surface area contributed by atoms with Gasteiger partial charge < -0.3 is 10.6 Å². The van der Waals surface area contributed by atoms with E-state index >= 15 is 0 Å². The van der Waals surface area contributed by atoms with Crippen LogP contribution in [-0.2, 0) is 0 Å². The molecule has 0 saturated carbocycles. The van der Waals surface area contributed by atoms with E-state index in [9.17, 15) is 4.79 Å². The van der Waals surface area contributed by atoms with Gasteiger partial charge in [-0.25, -0.2) is 9.97 Å². The van der Waals surface area contributed by atoms with Gasteiger partial charge in [0.15, 0.2) is 0 Å². The molecule has 0 fully saturated rings. The van der Waals surface area contributed by atoms with Crippen molar-refractivity contribution in [1.29, 1.82) is 0 Å². The Bertz CT molecular complexity index is 718. The van der Waals surface area contributed by atoms with Crippen LogP contribution in [0.5, 0.6) is 0 Å². The third kappa shape index (κ3) is 4.66. The van der Waals surface area contributed by atoms with Crippen molar-refractivity contribution >= 4 is 29.0 Å². The largest absolute Gasteiger partial charge is 0.348 e. The average molecular weight is 333 g/mol. The van der Waals surface area contributed by atoms with Crippen LogP contribution in [0.4, 0.5) is 11.5 Å². The highest BCUT2D eigenvalue weighted by Gasteiger charge is 2.12. The van der Waals surface area contributed by atoms with Gasteiger partial charge in [-0.2, -0.15) is 0 Å². The van der Waals surface area contributed by atoms with Crippen molar-refractivity contribution in [1.82, 2.24) is 15.3 Å². The smallest absolute Gasteiger partial charge is 0.270 e. The number of benzene rings is 1. The third-order valence-electron chi connectivity index (χ3n) is 3.50. The van der Waals surface area contributed by atoms with Gasteiger partial charge in [-0.05, 0) is 44.9 Å². The fraction of sp³-hybridized carbons (Fsp3) is 0.353. The zero-order chi connectivity index (χ0) is 17.0. The summed E-state index contributed by atoms with van der Waals surface area (Å²) in [4.78, 5) is 20.7. The van der Waals surface area contributed by atoms with Gasteiger partial charge in [0.2, 0.25) is 0 Å². The number of hydrogen-bond donors (Lipinski definition) is 2. The van der Waals surface area contributed by atoms with Crippen LogP contribution in [0.1, 0.15) is 42.1 Å². The molecule has 0 spiro atoms. The summed E-state index contributed by atoms with van der Waals surface area (Å²) < 4.78 is 0. The lowest BCUT2D eigenvalue weighted by Crippen LogP contribution is -2.32. The van der Waals surface area contributed by atoms with E-state index in [2.05, 4.69) is 20.6 Å². The molecule has 1 heterocycles. The normalized spacial score (nSPS) is 11.9. The first-order valence-corrected chi connectivity index (χ1v) is 7.96. The van der Waals surface area contributed by atoms with E-state index in [4.69, 9.17) is 11.6 Å². The molecular formula is C17H21ClN4O. The molecule has 1 amide bonds. The molecule has 5 nitrogen and oxygen atoms in total. The van der Waals surface area contributed by atoms with Crippen LogP contribution in [0, 0.1) is 13.8 Å². The Hall–Kier alpha value is -2.14. The summed E-state index contributed by atoms with van der Waals surface area (Å²) in [6.45, 7) is 7.68. The number of carbonyl (C=O) groups excluding carboxylic acids is 1. The highest BCUT2D eigenvalue weighted by molar-refractivity contribution is 6.31. The quantitative estimate of drug-likeness (QED) is 0.867. The van der Waals surface area contributed by atoms with Crippen molar-refractivity contribution in [2.75, 3.05) is 5.32 Å². The number of rotatable bonds is 5. The number of aromatic nitrogens is 2. The minimum absolute atomic E-state index is 0.102. The first-order chi connectivity index (χ1) is 10.9. The van der Waals surface area contributed by atoms with Gasteiger partial charge in [0.05, 0.1) is 0 Å². The van der Waals surface area contributed by atoms with E-state index < -0.39 is 0 Å². The summed E-state index contributed by atoms with van der Waals surface area (Å²) in [5.41, 5.74) is 2.16. The SMILES string of the molecule is CCC(C)NC(=O)c1cc(Nc2ccc(C)c(Cl)c2)nc(C)n1. The van der Waals surface area contributed by atoms with Crippen molar-refractivity contribution < 1.29 is 4.79 Å². The maximum absolute atomic E-state index is 12.2. The first kappa shape index (κ1) is 17.2. The fourth-order valence-corrected chi connectivity index (χ4v) is 2.15. The Morgan fingerprint density at radius 2 is 2.00 bits per heavy atom. The highest BCUT2D eigenvalue weighted by atomic mass is 35.5. The Morgan fingerprint density at radius 1 is 1.26 bits per heavy atom. The summed E-state index contributed by atoms with van der Waals surface area (Å²) in [5, 5.41) is 6.74. The molecule has 2 aromatic rings. The van der Waals surface area contributed by atoms with E-state index in [0.29, 0.717) is 22.4 Å². The molecule has 0 aliphatic carbocycles. The molecule has 0 aliphatic heterocycles. The number of hydrogen-bond acceptors (Lipinski definition) is 4. The number of anilines is 2. The van der Waals surface area contributed by atoms with Gasteiger partial charge >= 0.3 is 0 Å². The molecule has 6 heteroatoms. The topological polar surface area (TPSA) is 66.9 Å². The predicted octanol–water partition coefficient (Wildman–Crippen LogP) is 4.02. The molecule has 122 valence electrons. The van der Waals surface area contributed by atoms with Crippen molar-refractivity contribution in [3.63, 3.8) is 0 Å². The van der Waals surface area contributed by atoms with E-state index in [0.717, 1.165) is 17.7 Å². The lowest BCUT2D eigenvalue weighted by Gasteiger charge is -2.12. The van der Waals surface area contributed by atoms with Crippen molar-refractivity contribution in [2.45, 2.75) is 40.2 Å². The van der Waals surface area contributed by atoms with Crippen molar-refractivity contribution in [3.05, 3.63) is 46.4 Å². The standard InChI is InChI=1S/C17H21ClN4O/c1-5-11(3)19-17(23)15-9-16(21-12(4)20-15)22-13-7-6-10(2)14(18)8-13/h6-9,11H,5H2,1-4H3,(H,19,23)(H,20,21,22). The van der Waals surface area contributed by atoms with Gasteiger partial charge in [0.1, 0.15) is 17.3 Å². The fourth-order valence-electron chi connectivity index (χ4n) is 1.97. The summed E-state index contributed by atoms with van der Waals surface area (Å²) in [7, 11) is 0. The second kappa shape index (κ2) is 7.42. The summed E-state index contributed by atoms with van der Waals surface area (Å²) >= 11 is 6.13. The van der Waals surface area contributed by atoms with Crippen LogP contribution < -0.4 is 10.6 Å². The third-order valence-corrected chi connectivity index (χ3v) is 3.91. The molecule has 0 aliphatic rings. The molecule has 1 unspecified atom stereocenters. The predicted molar refractivity (Wildman–Crippen MR) is 93.5 cm³/mol. The van der Waals surface area contributed by atoms with Gasteiger partial charge in [-0.1, -0.05) is 24.6 Å². The van der Waals surface area contributed by atoms with E-state index in [1.54, 1.807) is 13.0 Å². The number of carbonyl (C=O) groups is 1. The van der Waals surface area contributed by atoms with Crippen LogP contribution in [0.3, 0.4) is 0 Å². The van der Waals surface area contributed by atoms with E-state index in [-0.39, 0.29) is 11.9 Å². The number of halogens is 1. The maximum atomic E-state index is 12.2. The number of nitrogens with zero attached hydrogens (tertiary/aromatic N) is 2. The maximum Gasteiger partial charge on any atom is 0.270 e. The lowest BCUT2D eigenvalue weighted by atomic mass is 10.2. The summed E-state index contributed by atoms with van der Waals surface area (Å²) in [6, 6.07) is 7.41. The highest BCUT2D eigenvalue weighted by Crippen LogP contribution is 2.22. The van der Waals surface area contributed by atoms with Gasteiger partial charge in [0.25, 0.3) is 5.91 Å². The minimum Gasteiger partial charge on any atom is -0.348 e. The molecule has 0 bridgehead atoms. The second-order valence-electron chi connectivity index (χ2n) is 5.56. The molecular weight excluding hydrogens is 312 g/mol. The van der Waals surface area contributed by atoms with Crippen LogP contribution in [-0.4, -0.2) is 21.9 Å². The summed E-state index contributed by atoms with van der Waals surface area (Å²) in [5.74, 6) is 0.893. The number of aryl methyl sites for hydroxylation is 2. The minimum atomic E-state index is -0.199. The van der Waals surface area contributed by atoms with Crippen molar-refractivity contribution in [2.24, 2.45) is 0 Å². The lowest BCUT2D eigenvalue weighted by molar-refractivity contribution is 0.0934. The van der Waals surface area contributed by atoms with Crippen molar-refractivity contribution in [3.8, 4) is 0 Å². The Morgan fingerprint density at radius 3 is 2.65 bits per heavy atom. The second-order valence-corrected chi connectivity index (χ2v) is 5.96. The number of amides is 1. The number of nitrogens with one attached hydrogen (secondary N) is 2. The van der Waals surface area contributed by atoms with Crippen LogP contribution >= 0.6 is 11.6 Å². The van der Waals surface area contributed by atoms with Gasteiger partial charge in [-0.3, -0.25) is 4.79 Å². The first-order valence-electron chi connectivity index (χ1n) is 7.58. The molecule has 1 aromatic carbocycles. The van der Waals surface area contributed by atoms with Gasteiger partial charge in [0, 0.05) is 22.8 Å². The molecule has 2 N–H and O–H groups in total.